The van der Waals surface area contributed by atoms with Crippen molar-refractivity contribution in [1.29, 1.82) is 0 Å². The van der Waals surface area contributed by atoms with Gasteiger partial charge in [-0.3, -0.25) is 4.90 Å². The Bertz CT molecular complexity index is 378. The molecule has 0 radical (unpaired) electrons. The number of hydrogen-bond donors (Lipinski definition) is 2. The zero-order chi connectivity index (χ0) is 12.3. The van der Waals surface area contributed by atoms with Crippen LogP contribution in [0.25, 0.3) is 0 Å². The first-order valence-electron chi connectivity index (χ1n) is 6.15. The van der Waals surface area contributed by atoms with Gasteiger partial charge in [0.25, 0.3) is 0 Å². The summed E-state index contributed by atoms with van der Waals surface area (Å²) in [5, 5.41) is 13.2. The summed E-state index contributed by atoms with van der Waals surface area (Å²) in [4.78, 5) is 2.30. The molecule has 2 rings (SSSR count). The van der Waals surface area contributed by atoms with Gasteiger partial charge in [0.15, 0.2) is 0 Å². The second-order valence-electron chi connectivity index (χ2n) is 4.41. The second-order valence-corrected chi connectivity index (χ2v) is 4.41. The molecule has 0 amide bonds. The largest absolute Gasteiger partial charge is 0.508 e. The van der Waals surface area contributed by atoms with Crippen LogP contribution in [0.4, 0.5) is 4.39 Å². The van der Waals surface area contributed by atoms with Crippen LogP contribution in [0.15, 0.2) is 18.2 Å². The van der Waals surface area contributed by atoms with E-state index in [4.69, 9.17) is 0 Å². The van der Waals surface area contributed by atoms with E-state index < -0.39 is 0 Å². The molecule has 1 fully saturated rings. The second kappa shape index (κ2) is 5.47. The van der Waals surface area contributed by atoms with Crippen molar-refractivity contribution in [2.45, 2.75) is 19.4 Å². The van der Waals surface area contributed by atoms with Crippen LogP contribution in [0, 0.1) is 5.82 Å². The van der Waals surface area contributed by atoms with E-state index in [0.717, 1.165) is 32.6 Å². The maximum atomic E-state index is 13.3. The summed E-state index contributed by atoms with van der Waals surface area (Å²) in [6.45, 7) is 5.85. The van der Waals surface area contributed by atoms with Gasteiger partial charge in [0.2, 0.25) is 0 Å². The number of aromatic hydroxyl groups is 1. The monoisotopic (exact) mass is 238 g/mol. The molecule has 0 spiro atoms. The first kappa shape index (κ1) is 12.3. The maximum Gasteiger partial charge on any atom is 0.123 e. The van der Waals surface area contributed by atoms with Crippen molar-refractivity contribution < 1.29 is 9.50 Å². The van der Waals surface area contributed by atoms with Crippen LogP contribution in [-0.4, -0.2) is 36.2 Å². The molecule has 0 aliphatic carbocycles. The summed E-state index contributed by atoms with van der Waals surface area (Å²) in [6.07, 6.45) is 0.872. The van der Waals surface area contributed by atoms with Crippen molar-refractivity contribution in [2.24, 2.45) is 0 Å². The number of nitrogens with zero attached hydrogens (tertiary/aromatic N) is 1. The third-order valence-electron chi connectivity index (χ3n) is 3.33. The number of phenols is 1. The Labute approximate surface area is 101 Å². The van der Waals surface area contributed by atoms with Crippen molar-refractivity contribution in [2.75, 3.05) is 26.2 Å². The Hall–Kier alpha value is -1.13. The van der Waals surface area contributed by atoms with Crippen LogP contribution in [0.1, 0.15) is 24.9 Å². The van der Waals surface area contributed by atoms with Gasteiger partial charge in [0, 0.05) is 37.8 Å². The van der Waals surface area contributed by atoms with Gasteiger partial charge < -0.3 is 10.4 Å². The van der Waals surface area contributed by atoms with E-state index in [1.165, 1.54) is 18.2 Å². The average Bonchev–Trinajstić information content (AvgIpc) is 2.36. The fourth-order valence-corrected chi connectivity index (χ4v) is 2.46. The fraction of sp³-hybridized carbons (Fsp3) is 0.538. The Morgan fingerprint density at radius 1 is 1.41 bits per heavy atom. The molecular weight excluding hydrogens is 219 g/mol. The molecule has 1 aliphatic heterocycles. The molecule has 1 saturated heterocycles. The molecule has 17 heavy (non-hydrogen) atoms. The predicted molar refractivity (Wildman–Crippen MR) is 65.5 cm³/mol. The highest BCUT2D eigenvalue weighted by atomic mass is 19.1. The molecule has 94 valence electrons. The molecule has 1 heterocycles. The molecule has 1 aromatic carbocycles. The van der Waals surface area contributed by atoms with Crippen LogP contribution in [0.3, 0.4) is 0 Å². The molecule has 0 saturated carbocycles. The summed E-state index contributed by atoms with van der Waals surface area (Å²) in [5.41, 5.74) is 0.703. The van der Waals surface area contributed by atoms with Crippen molar-refractivity contribution in [3.63, 3.8) is 0 Å². The lowest BCUT2D eigenvalue weighted by Gasteiger charge is -2.35. The van der Waals surface area contributed by atoms with E-state index in [1.807, 2.05) is 0 Å². The van der Waals surface area contributed by atoms with Crippen molar-refractivity contribution in [1.82, 2.24) is 10.2 Å². The van der Waals surface area contributed by atoms with Crippen molar-refractivity contribution in [3.8, 4) is 5.75 Å². The molecule has 4 heteroatoms. The van der Waals surface area contributed by atoms with Gasteiger partial charge in [-0.05, 0) is 24.6 Å². The lowest BCUT2D eigenvalue weighted by Crippen LogP contribution is -2.45. The molecule has 3 nitrogen and oxygen atoms in total. The minimum Gasteiger partial charge on any atom is -0.508 e. The van der Waals surface area contributed by atoms with Crippen LogP contribution >= 0.6 is 0 Å². The number of halogens is 1. The summed E-state index contributed by atoms with van der Waals surface area (Å²) in [5.74, 6) is -0.0943. The van der Waals surface area contributed by atoms with Gasteiger partial charge in [0.05, 0.1) is 0 Å². The van der Waals surface area contributed by atoms with Gasteiger partial charge in [0.1, 0.15) is 11.6 Å². The predicted octanol–water partition coefficient (Wildman–Crippen LogP) is 1.89. The number of hydrogen-bond acceptors (Lipinski definition) is 3. The van der Waals surface area contributed by atoms with Gasteiger partial charge >= 0.3 is 0 Å². The molecular formula is C13H19FN2O. The normalized spacial score (nSPS) is 19.2. The van der Waals surface area contributed by atoms with Crippen LogP contribution in [-0.2, 0) is 0 Å². The third-order valence-corrected chi connectivity index (χ3v) is 3.33. The average molecular weight is 238 g/mol. The Morgan fingerprint density at radius 3 is 2.76 bits per heavy atom. The molecule has 1 atom stereocenters. The number of piperazine rings is 1. The van der Waals surface area contributed by atoms with Gasteiger partial charge in [-0.1, -0.05) is 6.92 Å². The van der Waals surface area contributed by atoms with E-state index in [9.17, 15) is 9.50 Å². The first-order valence-corrected chi connectivity index (χ1v) is 6.15. The summed E-state index contributed by atoms with van der Waals surface area (Å²) in [6, 6.07) is 4.29. The number of rotatable bonds is 3. The van der Waals surface area contributed by atoms with Gasteiger partial charge in [-0.2, -0.15) is 0 Å². The summed E-state index contributed by atoms with van der Waals surface area (Å²) in [7, 11) is 0. The number of nitrogens with one attached hydrogen (secondary N) is 1. The molecule has 0 bridgehead atoms. The summed E-state index contributed by atoms with van der Waals surface area (Å²) < 4.78 is 13.3. The standard InChI is InChI=1S/C13H19FN2O/c1-2-12(16-7-5-15-6-8-16)11-9-10(14)3-4-13(11)17/h3-4,9,12,15,17H,2,5-8H2,1H3/t12-/m1/s1. The maximum absolute atomic E-state index is 13.3. The molecule has 1 aromatic rings. The van der Waals surface area contributed by atoms with Crippen molar-refractivity contribution >= 4 is 0 Å². The first-order chi connectivity index (χ1) is 8.22. The van der Waals surface area contributed by atoms with E-state index in [2.05, 4.69) is 17.1 Å². The Kier molecular flexibility index (Phi) is 3.97. The molecule has 1 aliphatic rings. The molecule has 0 unspecified atom stereocenters. The lowest BCUT2D eigenvalue weighted by atomic mass is 10.0. The van der Waals surface area contributed by atoms with Crippen molar-refractivity contribution in [3.05, 3.63) is 29.6 Å². The quantitative estimate of drug-likeness (QED) is 0.844. The Balaban J connectivity index is 2.24. The Morgan fingerprint density at radius 2 is 2.12 bits per heavy atom. The van der Waals surface area contributed by atoms with E-state index in [0.29, 0.717) is 5.56 Å². The zero-order valence-electron chi connectivity index (χ0n) is 10.1. The molecule has 2 N–H and O–H groups in total. The smallest absolute Gasteiger partial charge is 0.123 e. The highest BCUT2D eigenvalue weighted by Gasteiger charge is 2.23. The number of phenolic OH excluding ortho intramolecular Hbond substituents is 1. The minimum absolute atomic E-state index is 0.104. The zero-order valence-corrected chi connectivity index (χ0v) is 10.1. The van der Waals surface area contributed by atoms with Gasteiger partial charge in [-0.15, -0.1) is 0 Å². The number of benzene rings is 1. The topological polar surface area (TPSA) is 35.5 Å². The van der Waals surface area contributed by atoms with Crippen LogP contribution in [0.5, 0.6) is 5.75 Å². The van der Waals surface area contributed by atoms with Crippen LogP contribution < -0.4 is 5.32 Å². The molecule has 0 aromatic heterocycles. The van der Waals surface area contributed by atoms with E-state index in [-0.39, 0.29) is 17.6 Å². The van der Waals surface area contributed by atoms with E-state index in [1.54, 1.807) is 0 Å². The summed E-state index contributed by atoms with van der Waals surface area (Å²) >= 11 is 0. The lowest BCUT2D eigenvalue weighted by molar-refractivity contribution is 0.166. The minimum atomic E-state index is -0.286. The van der Waals surface area contributed by atoms with Gasteiger partial charge in [-0.25, -0.2) is 4.39 Å². The van der Waals surface area contributed by atoms with E-state index >= 15 is 0 Å². The van der Waals surface area contributed by atoms with Crippen LogP contribution in [0.2, 0.25) is 0 Å². The highest BCUT2D eigenvalue weighted by molar-refractivity contribution is 5.35. The third kappa shape index (κ3) is 2.76. The SMILES string of the molecule is CC[C@H](c1cc(F)ccc1O)N1CCNCC1. The fourth-order valence-electron chi connectivity index (χ4n) is 2.46. The highest BCUT2D eigenvalue weighted by Crippen LogP contribution is 2.31.